The van der Waals surface area contributed by atoms with E-state index in [0.717, 1.165) is 4.47 Å². The molecule has 1 aromatic heterocycles. The van der Waals surface area contributed by atoms with Gasteiger partial charge in [0.15, 0.2) is 5.75 Å². The number of rotatable bonds is 2. The molecule has 12 heavy (non-hydrogen) atoms. The van der Waals surface area contributed by atoms with Crippen molar-refractivity contribution in [2.75, 3.05) is 7.11 Å². The SMILES string of the molecule is CCn1cc(Br)cc(OC)c1=O. The van der Waals surface area contributed by atoms with E-state index in [1.54, 1.807) is 16.8 Å². The second kappa shape index (κ2) is 3.76. The second-order valence-electron chi connectivity index (χ2n) is 2.32. The summed E-state index contributed by atoms with van der Waals surface area (Å²) in [5.41, 5.74) is -0.0943. The number of halogens is 1. The van der Waals surface area contributed by atoms with E-state index >= 15 is 0 Å². The third-order valence-corrected chi connectivity index (χ3v) is 2.01. The molecule has 0 amide bonds. The van der Waals surface area contributed by atoms with Crippen LogP contribution in [0.25, 0.3) is 0 Å². The van der Waals surface area contributed by atoms with Gasteiger partial charge in [0.25, 0.3) is 5.56 Å². The van der Waals surface area contributed by atoms with Gasteiger partial charge in [0, 0.05) is 23.3 Å². The Balaban J connectivity index is 3.32. The molecule has 0 aliphatic heterocycles. The highest BCUT2D eigenvalue weighted by molar-refractivity contribution is 9.10. The molecule has 0 atom stereocenters. The van der Waals surface area contributed by atoms with Gasteiger partial charge in [-0.05, 0) is 22.9 Å². The van der Waals surface area contributed by atoms with Crippen molar-refractivity contribution < 1.29 is 4.74 Å². The molecular formula is C8H10BrNO2. The van der Waals surface area contributed by atoms with Crippen LogP contribution in [0.2, 0.25) is 0 Å². The van der Waals surface area contributed by atoms with E-state index in [2.05, 4.69) is 15.9 Å². The molecule has 66 valence electrons. The van der Waals surface area contributed by atoms with Crippen LogP contribution in [0.4, 0.5) is 0 Å². The van der Waals surface area contributed by atoms with E-state index < -0.39 is 0 Å². The summed E-state index contributed by atoms with van der Waals surface area (Å²) in [5, 5.41) is 0. The van der Waals surface area contributed by atoms with Crippen LogP contribution < -0.4 is 10.3 Å². The molecule has 0 aromatic carbocycles. The fraction of sp³-hybridized carbons (Fsp3) is 0.375. The molecular weight excluding hydrogens is 222 g/mol. The molecule has 0 aliphatic carbocycles. The molecule has 0 spiro atoms. The molecule has 0 saturated carbocycles. The van der Waals surface area contributed by atoms with Crippen molar-refractivity contribution in [2.45, 2.75) is 13.5 Å². The molecule has 0 saturated heterocycles. The zero-order valence-corrected chi connectivity index (χ0v) is 8.59. The molecule has 0 unspecified atom stereocenters. The van der Waals surface area contributed by atoms with Gasteiger partial charge < -0.3 is 9.30 Å². The first-order valence-electron chi connectivity index (χ1n) is 3.63. The number of ether oxygens (including phenoxy) is 1. The van der Waals surface area contributed by atoms with Crippen molar-refractivity contribution in [2.24, 2.45) is 0 Å². The number of nitrogens with zero attached hydrogens (tertiary/aromatic N) is 1. The van der Waals surface area contributed by atoms with Gasteiger partial charge in [-0.2, -0.15) is 0 Å². The Morgan fingerprint density at radius 2 is 2.33 bits per heavy atom. The Morgan fingerprint density at radius 3 is 2.83 bits per heavy atom. The maximum absolute atomic E-state index is 11.4. The third-order valence-electron chi connectivity index (χ3n) is 1.58. The van der Waals surface area contributed by atoms with E-state index in [1.165, 1.54) is 7.11 Å². The summed E-state index contributed by atoms with van der Waals surface area (Å²) >= 11 is 3.29. The highest BCUT2D eigenvalue weighted by atomic mass is 79.9. The van der Waals surface area contributed by atoms with Gasteiger partial charge in [0.2, 0.25) is 0 Å². The quantitative estimate of drug-likeness (QED) is 0.776. The largest absolute Gasteiger partial charge is 0.491 e. The van der Waals surface area contributed by atoms with Gasteiger partial charge in [0.1, 0.15) is 0 Å². The Kier molecular flexibility index (Phi) is 2.92. The van der Waals surface area contributed by atoms with Gasteiger partial charge in [0.05, 0.1) is 7.11 Å². The van der Waals surface area contributed by atoms with Gasteiger partial charge in [-0.15, -0.1) is 0 Å². The molecule has 0 bridgehead atoms. The van der Waals surface area contributed by atoms with Crippen molar-refractivity contribution in [3.8, 4) is 5.75 Å². The van der Waals surface area contributed by atoms with Gasteiger partial charge in [-0.3, -0.25) is 4.79 Å². The Labute approximate surface area is 79.1 Å². The van der Waals surface area contributed by atoms with Crippen LogP contribution in [0.3, 0.4) is 0 Å². The van der Waals surface area contributed by atoms with Gasteiger partial charge in [-0.25, -0.2) is 0 Å². The summed E-state index contributed by atoms with van der Waals surface area (Å²) in [4.78, 5) is 11.4. The molecule has 1 aromatic rings. The number of hydrogen-bond donors (Lipinski definition) is 0. The van der Waals surface area contributed by atoms with Crippen LogP contribution in [0.1, 0.15) is 6.92 Å². The normalized spacial score (nSPS) is 9.92. The van der Waals surface area contributed by atoms with Crippen molar-refractivity contribution in [3.05, 3.63) is 27.1 Å². The Bertz CT molecular complexity index is 304. The monoisotopic (exact) mass is 231 g/mol. The van der Waals surface area contributed by atoms with Crippen LogP contribution in [-0.4, -0.2) is 11.7 Å². The summed E-state index contributed by atoms with van der Waals surface area (Å²) in [6, 6.07) is 1.66. The lowest BCUT2D eigenvalue weighted by Crippen LogP contribution is -2.19. The first-order valence-corrected chi connectivity index (χ1v) is 4.42. The standard InChI is InChI=1S/C8H10BrNO2/c1-3-10-5-6(9)4-7(12-2)8(10)11/h4-5H,3H2,1-2H3. The molecule has 0 aliphatic rings. The summed E-state index contributed by atoms with van der Waals surface area (Å²) in [7, 11) is 1.49. The maximum atomic E-state index is 11.4. The van der Waals surface area contributed by atoms with E-state index in [0.29, 0.717) is 12.3 Å². The number of aromatic nitrogens is 1. The lowest BCUT2D eigenvalue weighted by Gasteiger charge is -2.05. The van der Waals surface area contributed by atoms with Crippen molar-refractivity contribution in [1.29, 1.82) is 0 Å². The van der Waals surface area contributed by atoms with Crippen LogP contribution in [-0.2, 0) is 6.54 Å². The average molecular weight is 232 g/mol. The van der Waals surface area contributed by atoms with E-state index in [-0.39, 0.29) is 5.56 Å². The first kappa shape index (κ1) is 9.32. The summed E-state index contributed by atoms with van der Waals surface area (Å²) in [6.07, 6.45) is 1.74. The fourth-order valence-electron chi connectivity index (χ4n) is 0.954. The highest BCUT2D eigenvalue weighted by Crippen LogP contribution is 2.12. The average Bonchev–Trinajstić information content (AvgIpc) is 2.08. The minimum absolute atomic E-state index is 0.0943. The Morgan fingerprint density at radius 1 is 1.67 bits per heavy atom. The van der Waals surface area contributed by atoms with Gasteiger partial charge in [-0.1, -0.05) is 0 Å². The minimum Gasteiger partial charge on any atom is -0.491 e. The van der Waals surface area contributed by atoms with Gasteiger partial charge >= 0.3 is 0 Å². The van der Waals surface area contributed by atoms with Crippen LogP contribution in [0.15, 0.2) is 21.5 Å². The van der Waals surface area contributed by atoms with Crippen molar-refractivity contribution in [1.82, 2.24) is 4.57 Å². The number of aryl methyl sites for hydroxylation is 1. The molecule has 0 fully saturated rings. The van der Waals surface area contributed by atoms with Crippen LogP contribution >= 0.6 is 15.9 Å². The summed E-state index contributed by atoms with van der Waals surface area (Å²) < 4.78 is 7.34. The highest BCUT2D eigenvalue weighted by Gasteiger charge is 2.03. The minimum atomic E-state index is -0.0943. The molecule has 1 rings (SSSR count). The summed E-state index contributed by atoms with van der Waals surface area (Å²) in [6.45, 7) is 2.56. The maximum Gasteiger partial charge on any atom is 0.292 e. The second-order valence-corrected chi connectivity index (χ2v) is 3.23. The molecule has 4 heteroatoms. The number of methoxy groups -OCH3 is 1. The van der Waals surface area contributed by atoms with E-state index in [4.69, 9.17) is 4.74 Å². The number of hydrogen-bond acceptors (Lipinski definition) is 2. The molecule has 1 heterocycles. The predicted molar refractivity (Wildman–Crippen MR) is 50.6 cm³/mol. The lowest BCUT2D eigenvalue weighted by atomic mass is 10.4. The van der Waals surface area contributed by atoms with E-state index in [1.807, 2.05) is 6.92 Å². The van der Waals surface area contributed by atoms with E-state index in [9.17, 15) is 4.79 Å². The zero-order chi connectivity index (χ0) is 9.14. The topological polar surface area (TPSA) is 31.2 Å². The lowest BCUT2D eigenvalue weighted by molar-refractivity contribution is 0.402. The van der Waals surface area contributed by atoms with Crippen molar-refractivity contribution in [3.63, 3.8) is 0 Å². The smallest absolute Gasteiger partial charge is 0.292 e. The third kappa shape index (κ3) is 1.69. The predicted octanol–water partition coefficient (Wildman–Crippen LogP) is 1.64. The fourth-order valence-corrected chi connectivity index (χ4v) is 1.41. The number of pyridine rings is 1. The van der Waals surface area contributed by atoms with Crippen LogP contribution in [0.5, 0.6) is 5.75 Å². The Hall–Kier alpha value is -0.770. The van der Waals surface area contributed by atoms with Crippen molar-refractivity contribution >= 4 is 15.9 Å². The molecule has 0 radical (unpaired) electrons. The molecule has 0 N–H and O–H groups in total. The first-order chi connectivity index (χ1) is 5.69. The molecule has 3 nitrogen and oxygen atoms in total. The zero-order valence-electron chi connectivity index (χ0n) is 7.00. The summed E-state index contributed by atoms with van der Waals surface area (Å²) in [5.74, 6) is 0.367. The van der Waals surface area contributed by atoms with Crippen LogP contribution in [0, 0.1) is 0 Å².